The molecular formula is C15H20ClNO2. The van der Waals surface area contributed by atoms with Crippen LogP contribution in [0.1, 0.15) is 31.1 Å². The number of halogens is 1. The van der Waals surface area contributed by atoms with Gasteiger partial charge in [0.15, 0.2) is 5.78 Å². The maximum absolute atomic E-state index is 12.5. The molecule has 0 saturated carbocycles. The number of carbonyl (C=O) groups is 1. The van der Waals surface area contributed by atoms with Crippen molar-refractivity contribution in [2.24, 2.45) is 0 Å². The number of benzene rings is 1. The van der Waals surface area contributed by atoms with Crippen LogP contribution in [-0.4, -0.2) is 42.0 Å². The molecule has 19 heavy (non-hydrogen) atoms. The van der Waals surface area contributed by atoms with E-state index in [9.17, 15) is 4.79 Å². The second-order valence-corrected chi connectivity index (χ2v) is 5.70. The first-order chi connectivity index (χ1) is 8.97. The molecule has 3 nitrogen and oxygen atoms in total. The highest BCUT2D eigenvalue weighted by Crippen LogP contribution is 2.18. The number of ketones is 1. The van der Waals surface area contributed by atoms with Crippen LogP contribution in [0.4, 0.5) is 0 Å². The third kappa shape index (κ3) is 3.56. The minimum Gasteiger partial charge on any atom is -0.373 e. The third-order valence-corrected chi connectivity index (χ3v) is 3.72. The number of ether oxygens (including phenoxy) is 1. The second-order valence-electron chi connectivity index (χ2n) is 5.26. The number of hydrogen-bond donors (Lipinski definition) is 0. The molecule has 1 heterocycles. The molecule has 3 unspecified atom stereocenters. The van der Waals surface area contributed by atoms with Gasteiger partial charge in [-0.05, 0) is 32.9 Å². The van der Waals surface area contributed by atoms with Gasteiger partial charge in [-0.3, -0.25) is 9.69 Å². The molecule has 1 aromatic carbocycles. The van der Waals surface area contributed by atoms with Crippen molar-refractivity contribution < 1.29 is 9.53 Å². The van der Waals surface area contributed by atoms with Gasteiger partial charge < -0.3 is 4.74 Å². The topological polar surface area (TPSA) is 29.5 Å². The molecule has 0 spiro atoms. The Morgan fingerprint density at radius 2 is 2.00 bits per heavy atom. The molecule has 0 aliphatic carbocycles. The lowest BCUT2D eigenvalue weighted by molar-refractivity contribution is -0.0744. The molecule has 1 saturated heterocycles. The molecule has 2 rings (SSSR count). The normalized spacial score (nSPS) is 26.1. The summed E-state index contributed by atoms with van der Waals surface area (Å²) in [5, 5.41) is 0.599. The van der Waals surface area contributed by atoms with Gasteiger partial charge in [0.05, 0.1) is 18.2 Å². The van der Waals surface area contributed by atoms with Crippen molar-refractivity contribution in [2.45, 2.75) is 39.0 Å². The minimum absolute atomic E-state index is 0.115. The monoisotopic (exact) mass is 281 g/mol. The van der Waals surface area contributed by atoms with Crippen LogP contribution in [0.15, 0.2) is 24.3 Å². The Labute approximate surface area is 119 Å². The smallest absolute Gasteiger partial charge is 0.179 e. The van der Waals surface area contributed by atoms with E-state index < -0.39 is 0 Å². The Hall–Kier alpha value is -0.900. The summed E-state index contributed by atoms with van der Waals surface area (Å²) in [7, 11) is 0. The first kappa shape index (κ1) is 14.5. The van der Waals surface area contributed by atoms with E-state index in [1.165, 1.54) is 0 Å². The largest absolute Gasteiger partial charge is 0.373 e. The fourth-order valence-electron chi connectivity index (χ4n) is 2.58. The zero-order valence-electron chi connectivity index (χ0n) is 11.6. The molecule has 0 radical (unpaired) electrons. The van der Waals surface area contributed by atoms with E-state index in [4.69, 9.17) is 16.3 Å². The zero-order chi connectivity index (χ0) is 14.0. The van der Waals surface area contributed by atoms with E-state index in [0.717, 1.165) is 13.1 Å². The fourth-order valence-corrected chi connectivity index (χ4v) is 2.77. The highest BCUT2D eigenvalue weighted by molar-refractivity contribution is 6.31. The molecule has 0 aromatic heterocycles. The number of morpholine rings is 1. The summed E-state index contributed by atoms with van der Waals surface area (Å²) >= 11 is 5.94. The van der Waals surface area contributed by atoms with Crippen molar-refractivity contribution in [1.82, 2.24) is 4.90 Å². The van der Waals surface area contributed by atoms with Crippen LogP contribution in [0.3, 0.4) is 0 Å². The van der Waals surface area contributed by atoms with Gasteiger partial charge >= 0.3 is 0 Å². The van der Waals surface area contributed by atoms with Gasteiger partial charge in [-0.1, -0.05) is 23.7 Å². The van der Waals surface area contributed by atoms with Crippen molar-refractivity contribution in [2.75, 3.05) is 13.1 Å². The number of nitrogens with zero attached hydrogens (tertiary/aromatic N) is 1. The number of carbonyl (C=O) groups excluding carboxylic acids is 1. The van der Waals surface area contributed by atoms with Gasteiger partial charge in [0.25, 0.3) is 0 Å². The molecule has 0 bridgehead atoms. The Morgan fingerprint density at radius 1 is 1.37 bits per heavy atom. The summed E-state index contributed by atoms with van der Waals surface area (Å²) in [6.45, 7) is 7.61. The molecule has 0 amide bonds. The zero-order valence-corrected chi connectivity index (χ0v) is 12.4. The van der Waals surface area contributed by atoms with E-state index in [2.05, 4.69) is 4.90 Å². The van der Waals surface area contributed by atoms with E-state index >= 15 is 0 Å². The Balaban J connectivity index is 2.10. The summed E-state index contributed by atoms with van der Waals surface area (Å²) in [6, 6.07) is 6.99. The lowest BCUT2D eigenvalue weighted by Gasteiger charge is -2.38. The number of Topliss-reactive ketones (excluding diaryl/α,β-unsaturated/α-hetero) is 1. The van der Waals surface area contributed by atoms with E-state index in [1.807, 2.05) is 32.9 Å². The maximum atomic E-state index is 12.5. The lowest BCUT2D eigenvalue weighted by atomic mass is 10.0. The van der Waals surface area contributed by atoms with E-state index in [1.54, 1.807) is 12.1 Å². The van der Waals surface area contributed by atoms with E-state index in [-0.39, 0.29) is 24.0 Å². The second kappa shape index (κ2) is 6.04. The van der Waals surface area contributed by atoms with Crippen molar-refractivity contribution in [1.29, 1.82) is 0 Å². The molecule has 1 aliphatic rings. The Kier molecular flexibility index (Phi) is 4.61. The fraction of sp³-hybridized carbons (Fsp3) is 0.533. The summed E-state index contributed by atoms with van der Waals surface area (Å²) in [5.74, 6) is 0.115. The molecule has 104 valence electrons. The maximum Gasteiger partial charge on any atom is 0.179 e. The summed E-state index contributed by atoms with van der Waals surface area (Å²) in [4.78, 5) is 14.7. The Bertz CT molecular complexity index is 453. The first-order valence-electron chi connectivity index (χ1n) is 6.66. The lowest BCUT2D eigenvalue weighted by Crippen LogP contribution is -2.51. The van der Waals surface area contributed by atoms with Gasteiger partial charge in [0.1, 0.15) is 0 Å². The summed E-state index contributed by atoms with van der Waals surface area (Å²) < 4.78 is 5.70. The van der Waals surface area contributed by atoms with Crippen LogP contribution in [0, 0.1) is 0 Å². The highest BCUT2D eigenvalue weighted by Gasteiger charge is 2.29. The van der Waals surface area contributed by atoms with Crippen LogP contribution in [-0.2, 0) is 4.74 Å². The van der Waals surface area contributed by atoms with Crippen molar-refractivity contribution in [3.63, 3.8) is 0 Å². The summed E-state index contributed by atoms with van der Waals surface area (Å²) in [6.07, 6.45) is 0.330. The van der Waals surface area contributed by atoms with Gasteiger partial charge in [-0.15, -0.1) is 0 Å². The molecule has 3 atom stereocenters. The van der Waals surface area contributed by atoms with Gasteiger partial charge in [-0.2, -0.15) is 0 Å². The number of hydrogen-bond acceptors (Lipinski definition) is 3. The molecular weight excluding hydrogens is 262 g/mol. The Morgan fingerprint density at radius 3 is 2.58 bits per heavy atom. The van der Waals surface area contributed by atoms with Gasteiger partial charge in [0.2, 0.25) is 0 Å². The molecule has 0 N–H and O–H groups in total. The van der Waals surface area contributed by atoms with Gasteiger partial charge in [-0.25, -0.2) is 0 Å². The quantitative estimate of drug-likeness (QED) is 0.798. The predicted molar refractivity (Wildman–Crippen MR) is 76.8 cm³/mol. The minimum atomic E-state index is -0.146. The van der Waals surface area contributed by atoms with Crippen LogP contribution < -0.4 is 0 Å². The standard InChI is InChI=1S/C15H20ClNO2/c1-10-8-17(9-11(2)19-10)12(3)15(18)13-5-4-6-14(16)7-13/h4-7,10-12H,8-9H2,1-3H3. The first-order valence-corrected chi connectivity index (χ1v) is 7.04. The highest BCUT2D eigenvalue weighted by atomic mass is 35.5. The molecule has 1 fully saturated rings. The van der Waals surface area contributed by atoms with Gasteiger partial charge in [0, 0.05) is 23.7 Å². The molecule has 1 aliphatic heterocycles. The molecule has 4 heteroatoms. The summed E-state index contributed by atoms with van der Waals surface area (Å²) in [5.41, 5.74) is 0.673. The van der Waals surface area contributed by atoms with E-state index in [0.29, 0.717) is 10.6 Å². The van der Waals surface area contributed by atoms with Crippen molar-refractivity contribution in [3.8, 4) is 0 Å². The van der Waals surface area contributed by atoms with Crippen LogP contribution in [0.5, 0.6) is 0 Å². The molecule has 1 aromatic rings. The van der Waals surface area contributed by atoms with Crippen LogP contribution in [0.2, 0.25) is 5.02 Å². The van der Waals surface area contributed by atoms with Crippen LogP contribution >= 0.6 is 11.6 Å². The third-order valence-electron chi connectivity index (χ3n) is 3.48. The van der Waals surface area contributed by atoms with Crippen LogP contribution in [0.25, 0.3) is 0 Å². The number of rotatable bonds is 3. The average Bonchev–Trinajstić information content (AvgIpc) is 2.36. The van der Waals surface area contributed by atoms with Crippen molar-refractivity contribution >= 4 is 17.4 Å². The SMILES string of the molecule is CC1CN(C(C)C(=O)c2cccc(Cl)c2)CC(C)O1. The van der Waals surface area contributed by atoms with Crippen molar-refractivity contribution in [3.05, 3.63) is 34.9 Å². The predicted octanol–water partition coefficient (Wildman–Crippen LogP) is 3.02. The average molecular weight is 282 g/mol.